The topological polar surface area (TPSA) is 90.7 Å². The van der Waals surface area contributed by atoms with Crippen molar-refractivity contribution < 1.29 is 13.7 Å². The third kappa shape index (κ3) is 3.89. The summed E-state index contributed by atoms with van der Waals surface area (Å²) in [4.78, 5) is 24.9. The van der Waals surface area contributed by atoms with Gasteiger partial charge >= 0.3 is 0 Å². The first-order valence-electron chi connectivity index (χ1n) is 11.2. The Balaban J connectivity index is 1.48. The molecule has 3 aromatic heterocycles. The van der Waals surface area contributed by atoms with Gasteiger partial charge in [-0.3, -0.25) is 14.1 Å². The van der Waals surface area contributed by atoms with Crippen LogP contribution in [0.3, 0.4) is 0 Å². The van der Waals surface area contributed by atoms with Gasteiger partial charge in [-0.25, -0.2) is 9.37 Å². The quantitative estimate of drug-likeness (QED) is 0.369. The summed E-state index contributed by atoms with van der Waals surface area (Å²) in [5.41, 5.74) is 2.30. The molecule has 0 N–H and O–H groups in total. The first-order chi connectivity index (χ1) is 17.1. The summed E-state index contributed by atoms with van der Waals surface area (Å²) in [6.07, 6.45) is 1.55. The predicted octanol–water partition coefficient (Wildman–Crippen LogP) is 3.49. The zero-order valence-corrected chi connectivity index (χ0v) is 19.3. The summed E-state index contributed by atoms with van der Waals surface area (Å²) >= 11 is 6.57. The van der Waals surface area contributed by atoms with Crippen LogP contribution in [0.25, 0.3) is 39.5 Å². The molecule has 6 rings (SSSR count). The van der Waals surface area contributed by atoms with Crippen molar-refractivity contribution in [3.63, 3.8) is 0 Å². The number of rotatable bonds is 5. The maximum absolute atomic E-state index is 13.8. The molecular formula is C24H20ClFN6O3. The van der Waals surface area contributed by atoms with Crippen LogP contribution in [0.1, 0.15) is 0 Å². The maximum Gasteiger partial charge on any atom is 0.279 e. The number of para-hydroxylation sites is 1. The number of benzene rings is 2. The monoisotopic (exact) mass is 494 g/mol. The molecule has 0 atom stereocenters. The molecule has 2 aromatic carbocycles. The summed E-state index contributed by atoms with van der Waals surface area (Å²) < 4.78 is 27.6. The second-order valence-electron chi connectivity index (χ2n) is 8.26. The van der Waals surface area contributed by atoms with E-state index in [2.05, 4.69) is 20.0 Å². The Hall–Kier alpha value is -3.60. The van der Waals surface area contributed by atoms with Crippen LogP contribution in [-0.4, -0.2) is 61.8 Å². The zero-order chi connectivity index (χ0) is 23.9. The van der Waals surface area contributed by atoms with Crippen LogP contribution in [0, 0.1) is 5.82 Å². The van der Waals surface area contributed by atoms with Crippen molar-refractivity contribution in [1.29, 1.82) is 0 Å². The Labute approximate surface area is 203 Å². The summed E-state index contributed by atoms with van der Waals surface area (Å²) in [6.45, 7) is 4.11. The van der Waals surface area contributed by atoms with E-state index in [1.165, 1.54) is 12.1 Å². The fraction of sp³-hybridized carbons (Fsp3) is 0.250. The van der Waals surface area contributed by atoms with E-state index >= 15 is 0 Å². The molecule has 0 amide bonds. The average Bonchev–Trinajstić information content (AvgIpc) is 3.53. The minimum absolute atomic E-state index is 0.102. The molecule has 0 aliphatic carbocycles. The largest absolute Gasteiger partial charge is 0.379 e. The molecule has 1 fully saturated rings. The van der Waals surface area contributed by atoms with Gasteiger partial charge in [-0.2, -0.15) is 4.98 Å². The van der Waals surface area contributed by atoms with Gasteiger partial charge in [0, 0.05) is 31.7 Å². The van der Waals surface area contributed by atoms with E-state index in [0.29, 0.717) is 47.9 Å². The third-order valence-corrected chi connectivity index (χ3v) is 6.49. The Bertz CT molecular complexity index is 1590. The number of hydrogen-bond donors (Lipinski definition) is 0. The summed E-state index contributed by atoms with van der Waals surface area (Å²) in [5.74, 6) is 0.0170. The van der Waals surface area contributed by atoms with E-state index in [9.17, 15) is 9.18 Å². The van der Waals surface area contributed by atoms with Crippen molar-refractivity contribution in [2.45, 2.75) is 6.54 Å². The fourth-order valence-electron chi connectivity index (χ4n) is 4.40. The van der Waals surface area contributed by atoms with E-state index in [0.717, 1.165) is 18.6 Å². The standard InChI is InChI=1S/C24H20ClFN6O3/c25-17-2-1-3-18-20(17)31(9-8-30-10-12-34-13-11-30)24(33)21-19(27-14-32(18)21)23-28-22(29-35-23)15-4-6-16(26)7-5-15/h1-7,14H,8-13H2. The summed E-state index contributed by atoms with van der Waals surface area (Å²) in [7, 11) is 0. The van der Waals surface area contributed by atoms with Crippen LogP contribution in [0.2, 0.25) is 5.02 Å². The van der Waals surface area contributed by atoms with Crippen LogP contribution in [-0.2, 0) is 11.3 Å². The summed E-state index contributed by atoms with van der Waals surface area (Å²) in [5, 5.41) is 4.48. The number of imidazole rings is 1. The Morgan fingerprint density at radius 1 is 1.03 bits per heavy atom. The fourth-order valence-corrected chi connectivity index (χ4v) is 4.67. The van der Waals surface area contributed by atoms with Gasteiger partial charge in [-0.05, 0) is 36.4 Å². The second-order valence-corrected chi connectivity index (χ2v) is 8.67. The minimum Gasteiger partial charge on any atom is -0.379 e. The molecule has 1 aliphatic heterocycles. The number of ether oxygens (including phenoxy) is 1. The molecule has 178 valence electrons. The van der Waals surface area contributed by atoms with E-state index in [-0.39, 0.29) is 28.8 Å². The van der Waals surface area contributed by atoms with Crippen molar-refractivity contribution in [2.75, 3.05) is 32.8 Å². The van der Waals surface area contributed by atoms with Gasteiger partial charge < -0.3 is 13.8 Å². The van der Waals surface area contributed by atoms with Gasteiger partial charge in [0.25, 0.3) is 11.4 Å². The highest BCUT2D eigenvalue weighted by atomic mass is 35.5. The van der Waals surface area contributed by atoms with E-state index in [4.69, 9.17) is 20.9 Å². The molecule has 0 saturated carbocycles. The van der Waals surface area contributed by atoms with Crippen LogP contribution < -0.4 is 5.56 Å². The van der Waals surface area contributed by atoms with Crippen LogP contribution in [0.5, 0.6) is 0 Å². The van der Waals surface area contributed by atoms with Crippen LogP contribution in [0.4, 0.5) is 4.39 Å². The molecule has 4 heterocycles. The van der Waals surface area contributed by atoms with Gasteiger partial charge in [-0.1, -0.05) is 22.8 Å². The van der Waals surface area contributed by atoms with Crippen molar-refractivity contribution in [3.8, 4) is 23.0 Å². The number of aromatic nitrogens is 5. The van der Waals surface area contributed by atoms with E-state index in [1.54, 1.807) is 33.5 Å². The van der Waals surface area contributed by atoms with E-state index < -0.39 is 0 Å². The Kier molecular flexibility index (Phi) is 5.56. The zero-order valence-electron chi connectivity index (χ0n) is 18.5. The third-order valence-electron chi connectivity index (χ3n) is 6.18. The smallest absolute Gasteiger partial charge is 0.279 e. The molecule has 11 heteroatoms. The Morgan fingerprint density at radius 3 is 2.63 bits per heavy atom. The lowest BCUT2D eigenvalue weighted by Crippen LogP contribution is -2.39. The number of fused-ring (bicyclic) bond motifs is 3. The molecule has 0 radical (unpaired) electrons. The molecule has 35 heavy (non-hydrogen) atoms. The van der Waals surface area contributed by atoms with E-state index in [1.807, 2.05) is 12.1 Å². The lowest BCUT2D eigenvalue weighted by molar-refractivity contribution is 0.0364. The molecule has 1 aliphatic rings. The lowest BCUT2D eigenvalue weighted by atomic mass is 10.2. The molecule has 0 bridgehead atoms. The lowest BCUT2D eigenvalue weighted by Gasteiger charge is -2.27. The van der Waals surface area contributed by atoms with Crippen molar-refractivity contribution in [1.82, 2.24) is 29.0 Å². The van der Waals surface area contributed by atoms with Crippen LogP contribution >= 0.6 is 11.6 Å². The molecular weight excluding hydrogens is 475 g/mol. The highest BCUT2D eigenvalue weighted by Gasteiger charge is 2.23. The number of nitrogens with zero attached hydrogens (tertiary/aromatic N) is 6. The van der Waals surface area contributed by atoms with Gasteiger partial charge in [0.2, 0.25) is 5.82 Å². The van der Waals surface area contributed by atoms with Crippen molar-refractivity contribution in [2.24, 2.45) is 0 Å². The first-order valence-corrected chi connectivity index (χ1v) is 11.6. The number of morpholine rings is 1. The van der Waals surface area contributed by atoms with Gasteiger partial charge in [0.05, 0.1) is 29.3 Å². The number of halogens is 2. The van der Waals surface area contributed by atoms with Crippen molar-refractivity contribution in [3.05, 3.63) is 70.0 Å². The maximum atomic E-state index is 13.8. The highest BCUT2D eigenvalue weighted by molar-refractivity contribution is 6.35. The molecule has 0 unspecified atom stereocenters. The van der Waals surface area contributed by atoms with Gasteiger partial charge in [-0.15, -0.1) is 0 Å². The molecule has 5 aromatic rings. The summed E-state index contributed by atoms with van der Waals surface area (Å²) in [6, 6.07) is 11.3. The van der Waals surface area contributed by atoms with Gasteiger partial charge in [0.15, 0.2) is 5.69 Å². The van der Waals surface area contributed by atoms with Crippen LogP contribution in [0.15, 0.2) is 58.1 Å². The first kappa shape index (κ1) is 21.9. The Morgan fingerprint density at radius 2 is 1.83 bits per heavy atom. The molecule has 0 spiro atoms. The van der Waals surface area contributed by atoms with Gasteiger partial charge in [0.1, 0.15) is 17.7 Å². The second kappa shape index (κ2) is 8.88. The normalized spacial score (nSPS) is 14.8. The predicted molar refractivity (Wildman–Crippen MR) is 128 cm³/mol. The minimum atomic E-state index is -0.360. The molecule has 1 saturated heterocycles. The molecule has 9 nitrogen and oxygen atoms in total. The highest BCUT2D eigenvalue weighted by Crippen LogP contribution is 2.28. The number of hydrogen-bond acceptors (Lipinski definition) is 7. The SMILES string of the molecule is O=c1c2c(-c3nc(-c4ccc(F)cc4)no3)ncn2c2cccc(Cl)c2n1CCN1CCOCC1. The average molecular weight is 495 g/mol. The van der Waals surface area contributed by atoms with Crippen molar-refractivity contribution >= 4 is 28.2 Å².